The summed E-state index contributed by atoms with van der Waals surface area (Å²) in [5, 5.41) is 0. The van der Waals surface area contributed by atoms with Gasteiger partial charge in [-0.1, -0.05) is 13.0 Å². The van der Waals surface area contributed by atoms with E-state index < -0.39 is 10.8 Å². The van der Waals surface area contributed by atoms with Gasteiger partial charge >= 0.3 is 0 Å². The Morgan fingerprint density at radius 2 is 2.36 bits per heavy atom. The van der Waals surface area contributed by atoms with Crippen LogP contribution >= 0.6 is 0 Å². The molecule has 2 N–H and O–H groups in total. The monoisotopic (exact) mass is 212 g/mol. The topological polar surface area (TPSA) is 56.0 Å². The highest BCUT2D eigenvalue weighted by Gasteiger charge is 2.07. The highest BCUT2D eigenvalue weighted by molar-refractivity contribution is 7.84. The van der Waals surface area contributed by atoms with Gasteiger partial charge in [0.1, 0.15) is 0 Å². The summed E-state index contributed by atoms with van der Waals surface area (Å²) in [7, 11) is -0.888. The number of aromatic nitrogens is 1. The number of rotatable bonds is 5. The third-order valence-corrected chi connectivity index (χ3v) is 3.38. The van der Waals surface area contributed by atoms with Crippen molar-refractivity contribution >= 4 is 10.8 Å². The maximum Gasteiger partial charge on any atom is 0.0659 e. The van der Waals surface area contributed by atoms with Gasteiger partial charge < -0.3 is 5.73 Å². The van der Waals surface area contributed by atoms with Crippen molar-refractivity contribution in [3.63, 3.8) is 0 Å². The van der Waals surface area contributed by atoms with Gasteiger partial charge in [0.25, 0.3) is 0 Å². The molecule has 4 heteroatoms. The SMILES string of the molecule is CCC(N)CS(=O)Cc1ccccn1. The average molecular weight is 212 g/mol. The standard InChI is InChI=1S/C10H16N2OS/c1-2-9(11)7-14(13)8-10-5-3-4-6-12-10/h3-6,9H,2,7-8,11H2,1H3. The molecule has 0 radical (unpaired) electrons. The first kappa shape index (κ1) is 11.3. The molecule has 78 valence electrons. The van der Waals surface area contributed by atoms with E-state index in [1.165, 1.54) is 0 Å². The number of hydrogen-bond acceptors (Lipinski definition) is 3. The average Bonchev–Trinajstić information content (AvgIpc) is 2.19. The van der Waals surface area contributed by atoms with E-state index in [0.29, 0.717) is 11.5 Å². The molecule has 2 atom stereocenters. The lowest BCUT2D eigenvalue weighted by atomic mass is 10.3. The van der Waals surface area contributed by atoms with E-state index in [1.54, 1.807) is 6.20 Å². The molecule has 14 heavy (non-hydrogen) atoms. The van der Waals surface area contributed by atoms with Crippen molar-refractivity contribution in [2.75, 3.05) is 5.75 Å². The van der Waals surface area contributed by atoms with Crippen molar-refractivity contribution < 1.29 is 4.21 Å². The highest BCUT2D eigenvalue weighted by Crippen LogP contribution is 2.01. The minimum absolute atomic E-state index is 0.0412. The molecule has 1 aromatic heterocycles. The van der Waals surface area contributed by atoms with Crippen molar-refractivity contribution in [1.82, 2.24) is 4.98 Å². The molecule has 0 spiro atoms. The molecular formula is C10H16N2OS. The van der Waals surface area contributed by atoms with Crippen LogP contribution in [0.15, 0.2) is 24.4 Å². The molecule has 0 amide bonds. The molecule has 1 aromatic rings. The largest absolute Gasteiger partial charge is 0.327 e. The fraction of sp³-hybridized carbons (Fsp3) is 0.500. The number of pyridine rings is 1. The Labute approximate surface area is 87.2 Å². The van der Waals surface area contributed by atoms with Crippen LogP contribution in [0.2, 0.25) is 0 Å². The van der Waals surface area contributed by atoms with Crippen LogP contribution in [-0.2, 0) is 16.6 Å². The van der Waals surface area contributed by atoms with E-state index in [2.05, 4.69) is 4.98 Å². The molecule has 3 nitrogen and oxygen atoms in total. The fourth-order valence-corrected chi connectivity index (χ4v) is 2.40. The number of nitrogens with two attached hydrogens (primary N) is 1. The Kier molecular flexibility index (Phi) is 4.76. The minimum atomic E-state index is -0.888. The third-order valence-electron chi connectivity index (χ3n) is 1.96. The lowest BCUT2D eigenvalue weighted by Crippen LogP contribution is -2.26. The summed E-state index contributed by atoms with van der Waals surface area (Å²) < 4.78 is 11.6. The molecule has 0 saturated heterocycles. The van der Waals surface area contributed by atoms with E-state index >= 15 is 0 Å². The molecule has 0 bridgehead atoms. The number of hydrogen-bond donors (Lipinski definition) is 1. The molecule has 0 aromatic carbocycles. The highest BCUT2D eigenvalue weighted by atomic mass is 32.2. The van der Waals surface area contributed by atoms with Gasteiger partial charge in [-0.05, 0) is 18.6 Å². The van der Waals surface area contributed by atoms with Crippen molar-refractivity contribution in [2.45, 2.75) is 25.1 Å². The smallest absolute Gasteiger partial charge is 0.0659 e. The van der Waals surface area contributed by atoms with Gasteiger partial charge in [0.15, 0.2) is 0 Å². The zero-order valence-corrected chi connectivity index (χ0v) is 9.17. The van der Waals surface area contributed by atoms with Crippen LogP contribution in [0.4, 0.5) is 0 Å². The summed E-state index contributed by atoms with van der Waals surface area (Å²) in [5.74, 6) is 1.07. The van der Waals surface area contributed by atoms with E-state index in [0.717, 1.165) is 12.1 Å². The van der Waals surface area contributed by atoms with Crippen LogP contribution < -0.4 is 5.73 Å². The molecule has 0 aliphatic rings. The molecular weight excluding hydrogens is 196 g/mol. The maximum atomic E-state index is 11.6. The Bertz CT molecular complexity index is 289. The quantitative estimate of drug-likeness (QED) is 0.794. The van der Waals surface area contributed by atoms with Crippen LogP contribution in [0, 0.1) is 0 Å². The van der Waals surface area contributed by atoms with E-state index in [9.17, 15) is 4.21 Å². The van der Waals surface area contributed by atoms with Crippen LogP contribution in [0.3, 0.4) is 0 Å². The predicted molar refractivity (Wildman–Crippen MR) is 59.2 cm³/mol. The summed E-state index contributed by atoms with van der Waals surface area (Å²) >= 11 is 0. The van der Waals surface area contributed by atoms with Crippen molar-refractivity contribution in [3.05, 3.63) is 30.1 Å². The van der Waals surface area contributed by atoms with E-state index in [1.807, 2.05) is 25.1 Å². The summed E-state index contributed by atoms with van der Waals surface area (Å²) in [6, 6.07) is 5.68. The van der Waals surface area contributed by atoms with Gasteiger partial charge in [0.05, 0.1) is 11.4 Å². The normalized spacial score (nSPS) is 15.0. The van der Waals surface area contributed by atoms with E-state index in [-0.39, 0.29) is 6.04 Å². The Balaban J connectivity index is 2.42. The second-order valence-electron chi connectivity index (χ2n) is 3.24. The summed E-state index contributed by atoms with van der Waals surface area (Å²) in [4.78, 5) is 4.12. The first-order valence-electron chi connectivity index (χ1n) is 4.72. The summed E-state index contributed by atoms with van der Waals surface area (Å²) in [6.07, 6.45) is 2.58. The molecule has 1 heterocycles. The molecule has 0 saturated carbocycles. The lowest BCUT2D eigenvalue weighted by Gasteiger charge is -2.07. The molecule has 1 rings (SSSR count). The van der Waals surface area contributed by atoms with Crippen molar-refractivity contribution in [1.29, 1.82) is 0 Å². The van der Waals surface area contributed by atoms with Gasteiger partial charge in [-0.25, -0.2) is 0 Å². The van der Waals surface area contributed by atoms with Gasteiger partial charge in [0.2, 0.25) is 0 Å². The first-order valence-corrected chi connectivity index (χ1v) is 6.21. The molecule has 0 fully saturated rings. The third kappa shape index (κ3) is 3.98. The Hall–Kier alpha value is -0.740. The molecule has 0 aliphatic heterocycles. The van der Waals surface area contributed by atoms with Gasteiger partial charge in [-0.2, -0.15) is 0 Å². The molecule has 0 aliphatic carbocycles. The summed E-state index contributed by atoms with van der Waals surface area (Å²) in [6.45, 7) is 2.00. The van der Waals surface area contributed by atoms with Crippen LogP contribution in [0.25, 0.3) is 0 Å². The zero-order chi connectivity index (χ0) is 10.4. The van der Waals surface area contributed by atoms with Crippen LogP contribution in [0.1, 0.15) is 19.0 Å². The fourth-order valence-electron chi connectivity index (χ4n) is 1.06. The summed E-state index contributed by atoms with van der Waals surface area (Å²) in [5.41, 5.74) is 6.58. The zero-order valence-electron chi connectivity index (χ0n) is 8.35. The first-order chi connectivity index (χ1) is 6.72. The van der Waals surface area contributed by atoms with Crippen molar-refractivity contribution in [3.8, 4) is 0 Å². The Morgan fingerprint density at radius 1 is 1.57 bits per heavy atom. The minimum Gasteiger partial charge on any atom is -0.327 e. The maximum absolute atomic E-state index is 11.6. The lowest BCUT2D eigenvalue weighted by molar-refractivity contribution is 0.662. The molecule has 2 unspecified atom stereocenters. The van der Waals surface area contributed by atoms with Crippen LogP contribution in [-0.4, -0.2) is 21.0 Å². The predicted octanol–water partition coefficient (Wildman–Crippen LogP) is 1.07. The van der Waals surface area contributed by atoms with Crippen LogP contribution in [0.5, 0.6) is 0 Å². The second kappa shape index (κ2) is 5.88. The van der Waals surface area contributed by atoms with Crippen molar-refractivity contribution in [2.24, 2.45) is 5.73 Å². The number of nitrogens with zero attached hydrogens (tertiary/aromatic N) is 1. The van der Waals surface area contributed by atoms with E-state index in [4.69, 9.17) is 5.73 Å². The Morgan fingerprint density at radius 3 is 2.93 bits per heavy atom. The second-order valence-corrected chi connectivity index (χ2v) is 4.74. The van der Waals surface area contributed by atoms with Gasteiger partial charge in [-0.15, -0.1) is 0 Å². The van der Waals surface area contributed by atoms with Gasteiger partial charge in [-0.3, -0.25) is 9.19 Å². The van der Waals surface area contributed by atoms with Gasteiger partial charge in [0, 0.05) is 28.8 Å².